The molecule has 0 spiro atoms. The molecule has 2 atom stereocenters. The van der Waals surface area contributed by atoms with Gasteiger partial charge >= 0.3 is 5.97 Å². The summed E-state index contributed by atoms with van der Waals surface area (Å²) in [5.74, 6) is 2.86. The Morgan fingerprint density at radius 1 is 1.41 bits per heavy atom. The van der Waals surface area contributed by atoms with Gasteiger partial charge in [0.05, 0.1) is 5.37 Å². The minimum Gasteiger partial charge on any atom is -0.481 e. The Morgan fingerprint density at radius 3 is 2.95 bits per heavy atom. The highest BCUT2D eigenvalue weighted by molar-refractivity contribution is 7.99. The summed E-state index contributed by atoms with van der Waals surface area (Å²) in [6.07, 6.45) is 5.28. The molecule has 5 heteroatoms. The molecule has 0 radical (unpaired) electrons. The van der Waals surface area contributed by atoms with Crippen molar-refractivity contribution in [1.29, 1.82) is 0 Å². The zero-order valence-electron chi connectivity index (χ0n) is 11.8. The topological polar surface area (TPSA) is 58.6 Å². The standard InChI is InChI=1S/C17H15NO3S/c1-2-9-21-14-8-7-11-5-3-4-6-12(11)15(14)16-18-13(10-22-16)17(19)20/h1,3-8,13,16,18H,9-10H2,(H,19,20)/t13-,16+/m0/s1. The third-order valence-electron chi connectivity index (χ3n) is 3.58. The fourth-order valence-electron chi connectivity index (χ4n) is 2.57. The second-order valence-electron chi connectivity index (χ2n) is 4.96. The first-order valence-electron chi connectivity index (χ1n) is 6.89. The molecule has 22 heavy (non-hydrogen) atoms. The maximum Gasteiger partial charge on any atom is 0.321 e. The fourth-order valence-corrected chi connectivity index (χ4v) is 3.87. The van der Waals surface area contributed by atoms with Crippen LogP contribution in [0.5, 0.6) is 5.75 Å². The number of carbonyl (C=O) groups is 1. The van der Waals surface area contributed by atoms with E-state index >= 15 is 0 Å². The van der Waals surface area contributed by atoms with Crippen LogP contribution in [0.4, 0.5) is 0 Å². The number of hydrogen-bond donors (Lipinski definition) is 2. The summed E-state index contributed by atoms with van der Waals surface area (Å²) in [6, 6.07) is 11.3. The van der Waals surface area contributed by atoms with Crippen LogP contribution < -0.4 is 10.1 Å². The van der Waals surface area contributed by atoms with Gasteiger partial charge in [0, 0.05) is 11.3 Å². The van der Waals surface area contributed by atoms with Crippen molar-refractivity contribution in [1.82, 2.24) is 5.32 Å². The number of carboxylic acid groups (broad SMARTS) is 1. The number of thioether (sulfide) groups is 1. The van der Waals surface area contributed by atoms with Crippen molar-refractivity contribution in [2.24, 2.45) is 0 Å². The van der Waals surface area contributed by atoms with E-state index in [-0.39, 0.29) is 12.0 Å². The van der Waals surface area contributed by atoms with Crippen molar-refractivity contribution >= 4 is 28.5 Å². The first-order valence-corrected chi connectivity index (χ1v) is 7.94. The highest BCUT2D eigenvalue weighted by atomic mass is 32.2. The summed E-state index contributed by atoms with van der Waals surface area (Å²) in [5.41, 5.74) is 0.960. The zero-order chi connectivity index (χ0) is 15.5. The molecule has 0 saturated carbocycles. The predicted molar refractivity (Wildman–Crippen MR) is 88.0 cm³/mol. The Labute approximate surface area is 132 Å². The summed E-state index contributed by atoms with van der Waals surface area (Å²) in [7, 11) is 0. The molecule has 1 aliphatic heterocycles. The number of hydrogen-bond acceptors (Lipinski definition) is 4. The van der Waals surface area contributed by atoms with Crippen LogP contribution in [0.3, 0.4) is 0 Å². The van der Waals surface area contributed by atoms with Gasteiger partial charge in [0.15, 0.2) is 0 Å². The monoisotopic (exact) mass is 313 g/mol. The van der Waals surface area contributed by atoms with E-state index in [1.54, 1.807) is 11.8 Å². The summed E-state index contributed by atoms with van der Waals surface area (Å²) < 4.78 is 5.67. The average Bonchev–Trinajstić information content (AvgIpc) is 3.02. The molecule has 1 aliphatic rings. The first kappa shape index (κ1) is 14.8. The molecule has 1 saturated heterocycles. The number of aliphatic carboxylic acids is 1. The number of nitrogens with one attached hydrogen (secondary N) is 1. The van der Waals surface area contributed by atoms with Crippen molar-refractivity contribution in [2.75, 3.05) is 12.4 Å². The van der Waals surface area contributed by atoms with Crippen molar-refractivity contribution < 1.29 is 14.6 Å². The average molecular weight is 313 g/mol. The molecule has 4 nitrogen and oxygen atoms in total. The van der Waals surface area contributed by atoms with E-state index in [1.807, 2.05) is 36.4 Å². The fraction of sp³-hybridized carbons (Fsp3) is 0.235. The van der Waals surface area contributed by atoms with Crippen LogP contribution in [-0.4, -0.2) is 29.5 Å². The van der Waals surface area contributed by atoms with Crippen LogP contribution in [0.2, 0.25) is 0 Å². The van der Waals surface area contributed by atoms with Gasteiger partial charge in [0.2, 0.25) is 0 Å². The molecule has 0 amide bonds. The molecule has 112 valence electrons. The van der Waals surface area contributed by atoms with Crippen LogP contribution in [0.1, 0.15) is 10.9 Å². The van der Waals surface area contributed by atoms with Gasteiger partial charge in [-0.1, -0.05) is 36.3 Å². The maximum absolute atomic E-state index is 11.2. The van der Waals surface area contributed by atoms with Gasteiger partial charge in [-0.2, -0.15) is 0 Å². The molecule has 3 rings (SSSR count). The molecule has 2 aromatic carbocycles. The largest absolute Gasteiger partial charge is 0.481 e. The Balaban J connectivity index is 2.05. The lowest BCUT2D eigenvalue weighted by Gasteiger charge is -2.18. The Bertz CT molecular complexity index is 753. The maximum atomic E-state index is 11.2. The number of ether oxygens (including phenoxy) is 1. The van der Waals surface area contributed by atoms with E-state index in [0.29, 0.717) is 11.5 Å². The summed E-state index contributed by atoms with van der Waals surface area (Å²) >= 11 is 1.57. The van der Waals surface area contributed by atoms with Gasteiger partial charge in [-0.05, 0) is 16.8 Å². The number of carboxylic acids is 1. The van der Waals surface area contributed by atoms with Crippen LogP contribution in [0.15, 0.2) is 36.4 Å². The van der Waals surface area contributed by atoms with E-state index in [9.17, 15) is 4.79 Å². The van der Waals surface area contributed by atoms with Crippen molar-refractivity contribution in [3.8, 4) is 18.1 Å². The van der Waals surface area contributed by atoms with E-state index < -0.39 is 12.0 Å². The molecule has 0 unspecified atom stereocenters. The van der Waals surface area contributed by atoms with Gasteiger partial charge in [0.1, 0.15) is 18.4 Å². The smallest absolute Gasteiger partial charge is 0.321 e. The Hall–Kier alpha value is -2.16. The molecule has 1 heterocycles. The van der Waals surface area contributed by atoms with Gasteiger partial charge < -0.3 is 9.84 Å². The minimum atomic E-state index is -0.832. The van der Waals surface area contributed by atoms with Crippen molar-refractivity contribution in [3.05, 3.63) is 42.0 Å². The molecule has 2 N–H and O–H groups in total. The van der Waals surface area contributed by atoms with Crippen LogP contribution in [-0.2, 0) is 4.79 Å². The molecule has 0 aliphatic carbocycles. The summed E-state index contributed by atoms with van der Waals surface area (Å²) in [5, 5.41) is 14.3. The second-order valence-corrected chi connectivity index (χ2v) is 6.10. The number of rotatable bonds is 4. The van der Waals surface area contributed by atoms with Crippen LogP contribution >= 0.6 is 11.8 Å². The summed E-state index contributed by atoms with van der Waals surface area (Å²) in [4.78, 5) is 11.2. The normalized spacial score (nSPS) is 20.7. The van der Waals surface area contributed by atoms with Crippen molar-refractivity contribution in [2.45, 2.75) is 11.4 Å². The lowest BCUT2D eigenvalue weighted by atomic mass is 10.0. The lowest BCUT2D eigenvalue weighted by Crippen LogP contribution is -2.33. The van der Waals surface area contributed by atoms with Gasteiger partial charge in [-0.3, -0.25) is 10.1 Å². The second kappa shape index (κ2) is 6.30. The van der Waals surface area contributed by atoms with Gasteiger partial charge in [-0.15, -0.1) is 18.2 Å². The van der Waals surface area contributed by atoms with Crippen LogP contribution in [0.25, 0.3) is 10.8 Å². The molecule has 2 aromatic rings. The Kier molecular flexibility index (Phi) is 4.23. The number of fused-ring (bicyclic) bond motifs is 1. The number of benzene rings is 2. The van der Waals surface area contributed by atoms with Gasteiger partial charge in [0.25, 0.3) is 0 Å². The Morgan fingerprint density at radius 2 is 2.23 bits per heavy atom. The molecule has 1 fully saturated rings. The first-order chi connectivity index (χ1) is 10.7. The van der Waals surface area contributed by atoms with Crippen molar-refractivity contribution in [3.63, 3.8) is 0 Å². The van der Waals surface area contributed by atoms with E-state index in [1.165, 1.54) is 0 Å². The molecule has 0 bridgehead atoms. The third-order valence-corrected chi connectivity index (χ3v) is 4.81. The minimum absolute atomic E-state index is 0.125. The quantitative estimate of drug-likeness (QED) is 0.850. The predicted octanol–water partition coefficient (Wildman–Crippen LogP) is 2.64. The van der Waals surface area contributed by atoms with E-state index in [4.69, 9.17) is 16.3 Å². The third kappa shape index (κ3) is 2.76. The van der Waals surface area contributed by atoms with Crippen LogP contribution in [0, 0.1) is 12.3 Å². The molecular weight excluding hydrogens is 298 g/mol. The van der Waals surface area contributed by atoms with E-state index in [2.05, 4.69) is 11.2 Å². The molecule has 0 aromatic heterocycles. The summed E-state index contributed by atoms with van der Waals surface area (Å²) in [6.45, 7) is 0.186. The highest BCUT2D eigenvalue weighted by Crippen LogP contribution is 2.41. The lowest BCUT2D eigenvalue weighted by molar-refractivity contribution is -0.138. The highest BCUT2D eigenvalue weighted by Gasteiger charge is 2.32. The zero-order valence-corrected chi connectivity index (χ0v) is 12.6. The van der Waals surface area contributed by atoms with Gasteiger partial charge in [-0.25, -0.2) is 0 Å². The van der Waals surface area contributed by atoms with E-state index in [0.717, 1.165) is 16.3 Å². The number of terminal acetylenes is 1. The SMILES string of the molecule is C#CCOc1ccc2ccccc2c1[C@@H]1N[C@H](C(=O)O)CS1. The molecular formula is C17H15NO3S.